The van der Waals surface area contributed by atoms with Crippen LogP contribution in [0.25, 0.3) is 11.0 Å². The molecule has 0 saturated heterocycles. The number of fused-ring (bicyclic) bond motifs is 1. The summed E-state index contributed by atoms with van der Waals surface area (Å²) in [5.74, 6) is -1.17. The molecule has 3 rings (SSSR count). The highest BCUT2D eigenvalue weighted by molar-refractivity contribution is 5.81. The van der Waals surface area contributed by atoms with Crippen LogP contribution in [0, 0.1) is 11.6 Å². The lowest BCUT2D eigenvalue weighted by molar-refractivity contribution is 0.414. The smallest absolute Gasteiger partial charge is 0.336 e. The zero-order valence-electron chi connectivity index (χ0n) is 13.8. The van der Waals surface area contributed by atoms with E-state index in [-0.39, 0.29) is 6.04 Å². The molecule has 3 aromatic rings. The van der Waals surface area contributed by atoms with Gasteiger partial charge >= 0.3 is 5.63 Å². The highest BCUT2D eigenvalue weighted by Gasteiger charge is 2.11. The van der Waals surface area contributed by atoms with E-state index < -0.39 is 17.3 Å². The van der Waals surface area contributed by atoms with Gasteiger partial charge in [-0.05, 0) is 42.3 Å². The summed E-state index contributed by atoms with van der Waals surface area (Å²) >= 11 is 0. The van der Waals surface area contributed by atoms with Gasteiger partial charge in [-0.3, -0.25) is 0 Å². The number of rotatable bonds is 5. The SMILES string of the molecule is COc1ccc2c(CN[C@@H](C)c3ccc(F)c(F)c3)cc(=O)oc2c1. The highest BCUT2D eigenvalue weighted by atomic mass is 19.2. The number of methoxy groups -OCH3 is 1. The van der Waals surface area contributed by atoms with E-state index >= 15 is 0 Å². The van der Waals surface area contributed by atoms with Gasteiger partial charge in [0.15, 0.2) is 11.6 Å². The summed E-state index contributed by atoms with van der Waals surface area (Å²) in [6.45, 7) is 2.21. The van der Waals surface area contributed by atoms with Crippen LogP contribution in [0.1, 0.15) is 24.1 Å². The van der Waals surface area contributed by atoms with Crippen molar-refractivity contribution < 1.29 is 17.9 Å². The van der Waals surface area contributed by atoms with Crippen LogP contribution in [0.15, 0.2) is 51.7 Å². The Labute approximate surface area is 143 Å². The standard InChI is InChI=1S/C19H17F2NO3/c1-11(12-3-6-16(20)17(21)7-12)22-10-13-8-19(23)25-18-9-14(24-2)4-5-15(13)18/h3-9,11,22H,10H2,1-2H3/t11-/m0/s1. The molecule has 130 valence electrons. The molecule has 1 N–H and O–H groups in total. The van der Waals surface area contributed by atoms with E-state index in [1.54, 1.807) is 12.1 Å². The minimum absolute atomic E-state index is 0.226. The Balaban J connectivity index is 1.85. The molecule has 4 nitrogen and oxygen atoms in total. The highest BCUT2D eigenvalue weighted by Crippen LogP contribution is 2.23. The minimum Gasteiger partial charge on any atom is -0.497 e. The molecule has 2 aromatic carbocycles. The molecule has 1 heterocycles. The molecule has 0 aliphatic heterocycles. The number of hydrogen-bond acceptors (Lipinski definition) is 4. The van der Waals surface area contributed by atoms with E-state index in [0.717, 1.165) is 23.1 Å². The second kappa shape index (κ2) is 7.03. The third-order valence-electron chi connectivity index (χ3n) is 4.08. The third kappa shape index (κ3) is 3.69. The van der Waals surface area contributed by atoms with Gasteiger partial charge in [0.05, 0.1) is 7.11 Å². The Morgan fingerprint density at radius 1 is 1.12 bits per heavy atom. The van der Waals surface area contributed by atoms with Crippen molar-refractivity contribution in [2.75, 3.05) is 7.11 Å². The van der Waals surface area contributed by atoms with Crippen LogP contribution in [0.5, 0.6) is 5.75 Å². The lowest BCUT2D eigenvalue weighted by Gasteiger charge is -2.15. The maximum atomic E-state index is 13.4. The van der Waals surface area contributed by atoms with Gasteiger partial charge in [-0.1, -0.05) is 6.07 Å². The van der Waals surface area contributed by atoms with Crippen LogP contribution >= 0.6 is 0 Å². The first kappa shape index (κ1) is 17.1. The fourth-order valence-electron chi connectivity index (χ4n) is 2.65. The normalized spacial score (nSPS) is 12.3. The van der Waals surface area contributed by atoms with Gasteiger partial charge in [-0.15, -0.1) is 0 Å². The van der Waals surface area contributed by atoms with Crippen molar-refractivity contribution in [2.45, 2.75) is 19.5 Å². The summed E-state index contributed by atoms with van der Waals surface area (Å²) in [5, 5.41) is 3.99. The van der Waals surface area contributed by atoms with Crippen molar-refractivity contribution in [3.05, 3.63) is 75.6 Å². The molecule has 0 unspecified atom stereocenters. The first-order valence-corrected chi connectivity index (χ1v) is 7.77. The lowest BCUT2D eigenvalue weighted by atomic mass is 10.1. The predicted molar refractivity (Wildman–Crippen MR) is 90.6 cm³/mol. The van der Waals surface area contributed by atoms with Crippen LogP contribution in [0.4, 0.5) is 8.78 Å². The molecular formula is C19H17F2NO3. The first-order valence-electron chi connectivity index (χ1n) is 7.77. The third-order valence-corrected chi connectivity index (χ3v) is 4.08. The molecule has 0 saturated carbocycles. The largest absolute Gasteiger partial charge is 0.497 e. The molecule has 6 heteroatoms. The Morgan fingerprint density at radius 2 is 1.92 bits per heavy atom. The monoisotopic (exact) mass is 345 g/mol. The number of nitrogens with one attached hydrogen (secondary N) is 1. The topological polar surface area (TPSA) is 51.5 Å². The number of hydrogen-bond donors (Lipinski definition) is 1. The van der Waals surface area contributed by atoms with Crippen LogP contribution in [-0.4, -0.2) is 7.11 Å². The molecule has 25 heavy (non-hydrogen) atoms. The van der Waals surface area contributed by atoms with Gasteiger partial charge in [-0.25, -0.2) is 13.6 Å². The Morgan fingerprint density at radius 3 is 2.64 bits per heavy atom. The van der Waals surface area contributed by atoms with E-state index in [4.69, 9.17) is 9.15 Å². The maximum Gasteiger partial charge on any atom is 0.336 e. The van der Waals surface area contributed by atoms with Crippen molar-refractivity contribution in [3.8, 4) is 5.75 Å². The molecular weight excluding hydrogens is 328 g/mol. The molecule has 0 fully saturated rings. The predicted octanol–water partition coefficient (Wildman–Crippen LogP) is 3.93. The zero-order chi connectivity index (χ0) is 18.0. The van der Waals surface area contributed by atoms with Crippen LogP contribution < -0.4 is 15.7 Å². The maximum absolute atomic E-state index is 13.4. The molecule has 1 aromatic heterocycles. The molecule has 0 bridgehead atoms. The van der Waals surface area contributed by atoms with Gasteiger partial charge in [0, 0.05) is 30.1 Å². The average Bonchev–Trinajstić information content (AvgIpc) is 2.60. The van der Waals surface area contributed by atoms with Gasteiger partial charge in [0.2, 0.25) is 0 Å². The summed E-state index contributed by atoms with van der Waals surface area (Å²) in [4.78, 5) is 11.8. The Kier molecular flexibility index (Phi) is 4.81. The van der Waals surface area contributed by atoms with Crippen molar-refractivity contribution in [2.24, 2.45) is 0 Å². The second-order valence-corrected chi connectivity index (χ2v) is 5.73. The summed E-state index contributed by atoms with van der Waals surface area (Å²) in [7, 11) is 1.54. The van der Waals surface area contributed by atoms with Crippen molar-refractivity contribution >= 4 is 11.0 Å². The van der Waals surface area contributed by atoms with E-state index in [9.17, 15) is 13.6 Å². The van der Waals surface area contributed by atoms with E-state index in [0.29, 0.717) is 23.4 Å². The number of ether oxygens (including phenoxy) is 1. The summed E-state index contributed by atoms with van der Waals surface area (Å²) in [5.41, 5.74) is 1.35. The molecule has 0 aliphatic rings. The van der Waals surface area contributed by atoms with Crippen LogP contribution in [0.3, 0.4) is 0 Å². The molecule has 0 radical (unpaired) electrons. The average molecular weight is 345 g/mol. The van der Waals surface area contributed by atoms with Gasteiger partial charge in [0.1, 0.15) is 11.3 Å². The van der Waals surface area contributed by atoms with Crippen molar-refractivity contribution in [3.63, 3.8) is 0 Å². The Bertz CT molecular complexity index is 969. The summed E-state index contributed by atoms with van der Waals surface area (Å²) < 4.78 is 36.8. The first-order chi connectivity index (χ1) is 12.0. The summed E-state index contributed by atoms with van der Waals surface area (Å²) in [6.07, 6.45) is 0. The van der Waals surface area contributed by atoms with E-state index in [1.165, 1.54) is 19.2 Å². The van der Waals surface area contributed by atoms with E-state index in [2.05, 4.69) is 5.32 Å². The van der Waals surface area contributed by atoms with Crippen LogP contribution in [-0.2, 0) is 6.54 Å². The van der Waals surface area contributed by atoms with Gasteiger partial charge in [-0.2, -0.15) is 0 Å². The minimum atomic E-state index is -0.885. The number of benzene rings is 2. The molecule has 1 atom stereocenters. The zero-order valence-corrected chi connectivity index (χ0v) is 13.8. The van der Waals surface area contributed by atoms with E-state index in [1.807, 2.05) is 13.0 Å². The molecule has 0 amide bonds. The van der Waals surface area contributed by atoms with Gasteiger partial charge in [0.25, 0.3) is 0 Å². The molecule has 0 aliphatic carbocycles. The fraction of sp³-hybridized carbons (Fsp3) is 0.211. The van der Waals surface area contributed by atoms with Crippen LogP contribution in [0.2, 0.25) is 0 Å². The quantitative estimate of drug-likeness (QED) is 0.712. The lowest BCUT2D eigenvalue weighted by Crippen LogP contribution is -2.19. The van der Waals surface area contributed by atoms with Gasteiger partial charge < -0.3 is 14.5 Å². The fourth-order valence-corrected chi connectivity index (χ4v) is 2.65. The Hall–Kier alpha value is -2.73. The molecule has 0 spiro atoms. The van der Waals surface area contributed by atoms with Crippen molar-refractivity contribution in [1.82, 2.24) is 5.32 Å². The summed E-state index contributed by atoms with van der Waals surface area (Å²) in [6, 6.07) is 10.2. The second-order valence-electron chi connectivity index (χ2n) is 5.73. The van der Waals surface area contributed by atoms with Crippen molar-refractivity contribution in [1.29, 1.82) is 0 Å². The number of halogens is 2.